The van der Waals surface area contributed by atoms with Crippen LogP contribution >= 0.6 is 23.8 Å². The minimum absolute atomic E-state index is 0.180. The quantitative estimate of drug-likeness (QED) is 0.792. The maximum Gasteiger partial charge on any atom is 0.330 e. The van der Waals surface area contributed by atoms with E-state index in [0.717, 1.165) is 0 Å². The number of likely N-dealkylation sites (N-methyl/N-ethyl adjacent to an activating group) is 1. The van der Waals surface area contributed by atoms with Gasteiger partial charge in [0.15, 0.2) is 4.77 Å². The highest BCUT2D eigenvalue weighted by Crippen LogP contribution is 2.27. The molecule has 0 aliphatic rings. The van der Waals surface area contributed by atoms with Gasteiger partial charge in [-0.25, -0.2) is 13.8 Å². The molecule has 5 nitrogen and oxygen atoms in total. The van der Waals surface area contributed by atoms with Crippen molar-refractivity contribution in [1.29, 1.82) is 0 Å². The summed E-state index contributed by atoms with van der Waals surface area (Å²) in [6, 6.07) is 2.27. The van der Waals surface area contributed by atoms with Crippen molar-refractivity contribution in [1.82, 2.24) is 14.5 Å². The van der Waals surface area contributed by atoms with Gasteiger partial charge in [-0.3, -0.25) is 0 Å². The average molecular weight is 372 g/mol. The minimum atomic E-state index is -0.385. The molecule has 1 N–H and O–H groups in total. The van der Waals surface area contributed by atoms with E-state index in [1.165, 1.54) is 16.7 Å². The zero-order valence-electron chi connectivity index (χ0n) is 13.7. The van der Waals surface area contributed by atoms with Gasteiger partial charge in [0.2, 0.25) is 0 Å². The lowest BCUT2D eigenvalue weighted by molar-refractivity contribution is 0.153. The lowest BCUT2D eigenvalue weighted by atomic mass is 10.2. The second-order valence-corrected chi connectivity index (χ2v) is 6.19. The molecule has 1 atom stereocenters. The van der Waals surface area contributed by atoms with Crippen molar-refractivity contribution >= 4 is 29.8 Å². The highest BCUT2D eigenvalue weighted by atomic mass is 35.5. The summed E-state index contributed by atoms with van der Waals surface area (Å²) < 4.78 is 20.9. The number of aryl methyl sites for hydroxylation is 1. The SMILES string of the molecule is CCN(C(=O)n1cc[nH]c1=S)C(C)COc1cc(F)c(C)cc1Cl. The van der Waals surface area contributed by atoms with Crippen LogP contribution in [-0.2, 0) is 0 Å². The van der Waals surface area contributed by atoms with Gasteiger partial charge in [-0.15, -0.1) is 0 Å². The van der Waals surface area contributed by atoms with Crippen LogP contribution in [0, 0.1) is 17.5 Å². The maximum atomic E-state index is 13.6. The standard InChI is InChI=1S/C16H19ClFN3O2S/c1-4-20(16(22)21-6-5-19-15(21)24)11(3)9-23-14-8-13(18)10(2)7-12(14)17/h5-8,11H,4,9H2,1-3H3,(H,19,24). The maximum absolute atomic E-state index is 13.6. The highest BCUT2D eigenvalue weighted by Gasteiger charge is 2.21. The first kappa shape index (κ1) is 18.5. The van der Waals surface area contributed by atoms with Gasteiger partial charge >= 0.3 is 6.03 Å². The molecule has 0 bridgehead atoms. The fourth-order valence-electron chi connectivity index (χ4n) is 2.28. The van der Waals surface area contributed by atoms with Gasteiger partial charge in [0.25, 0.3) is 0 Å². The van der Waals surface area contributed by atoms with E-state index in [9.17, 15) is 9.18 Å². The van der Waals surface area contributed by atoms with Crippen LogP contribution in [0.25, 0.3) is 0 Å². The third kappa shape index (κ3) is 3.96. The fraction of sp³-hybridized carbons (Fsp3) is 0.375. The van der Waals surface area contributed by atoms with E-state index < -0.39 is 0 Å². The molecule has 0 fully saturated rings. The van der Waals surface area contributed by atoms with E-state index in [0.29, 0.717) is 21.9 Å². The van der Waals surface area contributed by atoms with Gasteiger partial charge in [0.05, 0.1) is 11.1 Å². The molecular weight excluding hydrogens is 353 g/mol. The lowest BCUT2D eigenvalue weighted by Gasteiger charge is -2.28. The summed E-state index contributed by atoms with van der Waals surface area (Å²) in [7, 11) is 0. The van der Waals surface area contributed by atoms with Crippen molar-refractivity contribution in [2.24, 2.45) is 0 Å². The largest absolute Gasteiger partial charge is 0.490 e. The Hall–Kier alpha value is -1.86. The van der Waals surface area contributed by atoms with Crippen LogP contribution in [0.4, 0.5) is 9.18 Å². The number of carbonyl (C=O) groups is 1. The smallest absolute Gasteiger partial charge is 0.330 e. The zero-order valence-corrected chi connectivity index (χ0v) is 15.2. The Morgan fingerprint density at radius 2 is 2.25 bits per heavy atom. The van der Waals surface area contributed by atoms with Crippen molar-refractivity contribution in [2.45, 2.75) is 26.8 Å². The predicted molar refractivity (Wildman–Crippen MR) is 93.9 cm³/mol. The van der Waals surface area contributed by atoms with E-state index in [4.69, 9.17) is 28.6 Å². The van der Waals surface area contributed by atoms with Gasteiger partial charge in [-0.1, -0.05) is 11.6 Å². The van der Waals surface area contributed by atoms with E-state index in [2.05, 4.69) is 4.98 Å². The molecule has 0 saturated heterocycles. The Morgan fingerprint density at radius 3 is 2.83 bits per heavy atom. The number of aromatic nitrogens is 2. The van der Waals surface area contributed by atoms with Crippen LogP contribution in [0.3, 0.4) is 0 Å². The molecule has 2 aromatic rings. The number of carbonyl (C=O) groups excluding carboxylic acids is 1. The van der Waals surface area contributed by atoms with E-state index >= 15 is 0 Å². The number of hydrogen-bond donors (Lipinski definition) is 1. The van der Waals surface area contributed by atoms with Gasteiger partial charge in [0.1, 0.15) is 18.2 Å². The third-order valence-electron chi connectivity index (χ3n) is 3.67. The second kappa shape index (κ2) is 7.81. The molecule has 0 aliphatic heterocycles. The van der Waals surface area contributed by atoms with E-state index in [-0.39, 0.29) is 30.2 Å². The molecule has 1 unspecified atom stereocenters. The molecule has 1 heterocycles. The molecule has 0 aliphatic carbocycles. The summed E-state index contributed by atoms with van der Waals surface area (Å²) in [5, 5.41) is 0.336. The molecule has 1 aromatic carbocycles. The van der Waals surface area contributed by atoms with Crippen molar-refractivity contribution < 1.29 is 13.9 Å². The summed E-state index contributed by atoms with van der Waals surface area (Å²) in [6.07, 6.45) is 3.18. The first-order valence-electron chi connectivity index (χ1n) is 7.50. The molecule has 8 heteroatoms. The molecular formula is C16H19ClFN3O2S. The fourth-order valence-corrected chi connectivity index (χ4v) is 2.76. The van der Waals surface area contributed by atoms with Crippen LogP contribution in [0.5, 0.6) is 5.75 Å². The molecule has 24 heavy (non-hydrogen) atoms. The van der Waals surface area contributed by atoms with Gasteiger partial charge < -0.3 is 14.6 Å². The second-order valence-electron chi connectivity index (χ2n) is 5.40. The van der Waals surface area contributed by atoms with Gasteiger partial charge in [-0.05, 0) is 44.6 Å². The topological polar surface area (TPSA) is 50.3 Å². The lowest BCUT2D eigenvalue weighted by Crippen LogP contribution is -2.43. The molecule has 1 aromatic heterocycles. The number of hydrogen-bond acceptors (Lipinski definition) is 3. The van der Waals surface area contributed by atoms with E-state index in [1.807, 2.05) is 13.8 Å². The molecule has 0 spiro atoms. The number of H-pyrrole nitrogens is 1. The van der Waals surface area contributed by atoms with Crippen molar-refractivity contribution in [3.8, 4) is 5.75 Å². The number of rotatable bonds is 5. The normalized spacial score (nSPS) is 12.0. The third-order valence-corrected chi connectivity index (χ3v) is 4.28. The Morgan fingerprint density at radius 1 is 1.54 bits per heavy atom. The van der Waals surface area contributed by atoms with Crippen LogP contribution in [-0.4, -0.2) is 39.7 Å². The van der Waals surface area contributed by atoms with Crippen LogP contribution in [0.2, 0.25) is 5.02 Å². The monoisotopic (exact) mass is 371 g/mol. The number of benzene rings is 1. The molecule has 0 radical (unpaired) electrons. The molecule has 1 amide bonds. The summed E-state index contributed by atoms with van der Waals surface area (Å²) in [5.74, 6) is -0.127. The number of amides is 1. The Kier molecular flexibility index (Phi) is 6.01. The Labute approximate surface area is 150 Å². The van der Waals surface area contributed by atoms with Crippen LogP contribution < -0.4 is 4.74 Å². The average Bonchev–Trinajstić information content (AvgIpc) is 2.96. The van der Waals surface area contributed by atoms with Crippen molar-refractivity contribution in [2.75, 3.05) is 13.2 Å². The molecule has 130 valence electrons. The first-order chi connectivity index (χ1) is 11.3. The van der Waals surface area contributed by atoms with Crippen LogP contribution in [0.15, 0.2) is 24.5 Å². The Balaban J connectivity index is 2.09. The summed E-state index contributed by atoms with van der Waals surface area (Å²) in [5.41, 5.74) is 0.451. The van der Waals surface area contributed by atoms with Crippen molar-refractivity contribution in [3.63, 3.8) is 0 Å². The number of ether oxygens (including phenoxy) is 1. The summed E-state index contributed by atoms with van der Waals surface area (Å²) in [4.78, 5) is 16.9. The van der Waals surface area contributed by atoms with Crippen LogP contribution in [0.1, 0.15) is 19.4 Å². The highest BCUT2D eigenvalue weighted by molar-refractivity contribution is 7.71. The molecule has 2 rings (SSSR count). The van der Waals surface area contributed by atoms with Crippen molar-refractivity contribution in [3.05, 3.63) is 45.7 Å². The number of nitrogens with one attached hydrogen (secondary N) is 1. The minimum Gasteiger partial charge on any atom is -0.490 e. The summed E-state index contributed by atoms with van der Waals surface area (Å²) >= 11 is 11.1. The number of imidazole rings is 1. The first-order valence-corrected chi connectivity index (χ1v) is 8.29. The summed E-state index contributed by atoms with van der Waals surface area (Å²) in [6.45, 7) is 6.00. The number of nitrogens with zero attached hydrogens (tertiary/aromatic N) is 2. The predicted octanol–water partition coefficient (Wildman–Crippen LogP) is 4.40. The zero-order chi connectivity index (χ0) is 17.9. The molecule has 0 saturated carbocycles. The number of aromatic amines is 1. The van der Waals surface area contributed by atoms with Gasteiger partial charge in [0, 0.05) is 25.0 Å². The Bertz CT molecular complexity index is 790. The number of halogens is 2. The van der Waals surface area contributed by atoms with Gasteiger partial charge in [-0.2, -0.15) is 0 Å². The van der Waals surface area contributed by atoms with E-state index in [1.54, 1.807) is 24.2 Å².